The molecule has 0 aliphatic heterocycles. The fourth-order valence-corrected chi connectivity index (χ4v) is 2.60. The average molecular weight is 252 g/mol. The molecule has 2 aromatic rings. The minimum absolute atomic E-state index is 1.21. The highest BCUT2D eigenvalue weighted by molar-refractivity contribution is 5.68. The summed E-state index contributed by atoms with van der Waals surface area (Å²) in [5.74, 6) is 0. The van der Waals surface area contributed by atoms with E-state index in [-0.39, 0.29) is 0 Å². The van der Waals surface area contributed by atoms with Gasteiger partial charge in [0.15, 0.2) is 0 Å². The van der Waals surface area contributed by atoms with E-state index in [0.29, 0.717) is 0 Å². The lowest BCUT2D eigenvalue weighted by Gasteiger charge is -2.09. The van der Waals surface area contributed by atoms with Crippen LogP contribution in [0.15, 0.2) is 42.5 Å². The number of aryl methyl sites for hydroxylation is 3. The molecular formula is C19H24. The van der Waals surface area contributed by atoms with E-state index in [4.69, 9.17) is 0 Å². The molecule has 0 atom stereocenters. The van der Waals surface area contributed by atoms with Gasteiger partial charge in [0.05, 0.1) is 0 Å². The highest BCUT2D eigenvalue weighted by atomic mass is 14.1. The maximum Gasteiger partial charge on any atom is -0.0154 e. The Morgan fingerprint density at radius 2 is 1.74 bits per heavy atom. The molecule has 0 bridgehead atoms. The molecule has 2 aromatic carbocycles. The second-order valence-electron chi connectivity index (χ2n) is 5.48. The predicted molar refractivity (Wildman–Crippen MR) is 84.6 cm³/mol. The number of hydrogen-bond acceptors (Lipinski definition) is 0. The third-order valence-electron chi connectivity index (χ3n) is 3.69. The van der Waals surface area contributed by atoms with E-state index in [1.54, 1.807) is 0 Å². The van der Waals surface area contributed by atoms with Crippen molar-refractivity contribution in [2.24, 2.45) is 0 Å². The molecule has 0 heteroatoms. The third kappa shape index (κ3) is 3.70. The molecule has 0 amide bonds. The van der Waals surface area contributed by atoms with E-state index in [1.807, 2.05) is 0 Å². The summed E-state index contributed by atoms with van der Waals surface area (Å²) in [6.45, 7) is 6.63. The fraction of sp³-hybridized carbons (Fsp3) is 0.368. The molecule has 0 nitrogen and oxygen atoms in total. The Balaban J connectivity index is 2.19. The zero-order valence-corrected chi connectivity index (χ0v) is 12.4. The number of hydrogen-bond donors (Lipinski definition) is 0. The molecule has 0 saturated heterocycles. The molecule has 0 aliphatic carbocycles. The molecule has 0 aromatic heterocycles. The van der Waals surface area contributed by atoms with E-state index in [0.717, 1.165) is 0 Å². The van der Waals surface area contributed by atoms with Crippen molar-refractivity contribution in [3.63, 3.8) is 0 Å². The van der Waals surface area contributed by atoms with Crippen molar-refractivity contribution in [3.05, 3.63) is 59.2 Å². The first-order valence-corrected chi connectivity index (χ1v) is 7.37. The minimum Gasteiger partial charge on any atom is -0.0654 e. The van der Waals surface area contributed by atoms with Crippen LogP contribution in [0.2, 0.25) is 0 Å². The molecule has 0 radical (unpaired) electrons. The molecule has 0 fully saturated rings. The van der Waals surface area contributed by atoms with Gasteiger partial charge in [0.25, 0.3) is 0 Å². The van der Waals surface area contributed by atoms with Crippen LogP contribution in [-0.4, -0.2) is 0 Å². The maximum atomic E-state index is 2.35. The van der Waals surface area contributed by atoms with Crippen LogP contribution in [0.25, 0.3) is 11.1 Å². The summed E-state index contributed by atoms with van der Waals surface area (Å²) in [7, 11) is 0. The van der Waals surface area contributed by atoms with Crippen molar-refractivity contribution in [1.29, 1.82) is 0 Å². The standard InChI is InChI=1S/C19H24/c1-4-5-6-9-17-11-12-19(16(3)14-17)18-10-7-8-15(2)13-18/h7-8,10-14H,4-6,9H2,1-3H3. The molecule has 19 heavy (non-hydrogen) atoms. The number of benzene rings is 2. The molecule has 0 heterocycles. The molecule has 0 N–H and O–H groups in total. The highest BCUT2D eigenvalue weighted by Crippen LogP contribution is 2.25. The largest absolute Gasteiger partial charge is 0.0654 e. The summed E-state index contributed by atoms with van der Waals surface area (Å²) in [6.07, 6.45) is 5.14. The monoisotopic (exact) mass is 252 g/mol. The lowest BCUT2D eigenvalue weighted by atomic mass is 9.96. The zero-order valence-electron chi connectivity index (χ0n) is 12.4. The molecule has 2 rings (SSSR count). The number of unbranched alkanes of at least 4 members (excludes halogenated alkanes) is 2. The Morgan fingerprint density at radius 1 is 0.895 bits per heavy atom. The summed E-state index contributed by atoms with van der Waals surface area (Å²) in [5.41, 5.74) is 6.88. The molecule has 0 spiro atoms. The van der Waals surface area contributed by atoms with Gasteiger partial charge >= 0.3 is 0 Å². The number of rotatable bonds is 5. The van der Waals surface area contributed by atoms with Gasteiger partial charge in [0, 0.05) is 0 Å². The predicted octanol–water partition coefficient (Wildman–Crippen LogP) is 5.70. The van der Waals surface area contributed by atoms with E-state index in [2.05, 4.69) is 63.2 Å². The second-order valence-corrected chi connectivity index (χ2v) is 5.48. The van der Waals surface area contributed by atoms with Crippen LogP contribution in [0, 0.1) is 13.8 Å². The van der Waals surface area contributed by atoms with E-state index < -0.39 is 0 Å². The third-order valence-corrected chi connectivity index (χ3v) is 3.69. The first-order valence-electron chi connectivity index (χ1n) is 7.37. The second kappa shape index (κ2) is 6.56. The maximum absolute atomic E-state index is 2.35. The Bertz CT molecular complexity index is 537. The van der Waals surface area contributed by atoms with Gasteiger partial charge in [-0.25, -0.2) is 0 Å². The summed E-state index contributed by atoms with van der Waals surface area (Å²) in [5, 5.41) is 0. The van der Waals surface area contributed by atoms with Crippen LogP contribution in [0.3, 0.4) is 0 Å². The first kappa shape index (κ1) is 13.9. The lowest BCUT2D eigenvalue weighted by molar-refractivity contribution is 0.717. The summed E-state index contributed by atoms with van der Waals surface area (Å²) < 4.78 is 0. The molecule has 0 unspecified atom stereocenters. The van der Waals surface area contributed by atoms with Crippen LogP contribution in [0.1, 0.15) is 42.9 Å². The molecule has 100 valence electrons. The SMILES string of the molecule is CCCCCc1ccc(-c2cccc(C)c2)c(C)c1. The Hall–Kier alpha value is -1.56. The van der Waals surface area contributed by atoms with Crippen LogP contribution in [0.4, 0.5) is 0 Å². The van der Waals surface area contributed by atoms with E-state index in [9.17, 15) is 0 Å². The molecule has 0 saturated carbocycles. The summed E-state index contributed by atoms with van der Waals surface area (Å²) >= 11 is 0. The van der Waals surface area contributed by atoms with Gasteiger partial charge < -0.3 is 0 Å². The van der Waals surface area contributed by atoms with Crippen molar-refractivity contribution >= 4 is 0 Å². The van der Waals surface area contributed by atoms with Gasteiger partial charge in [0.2, 0.25) is 0 Å². The quantitative estimate of drug-likeness (QED) is 0.598. The van der Waals surface area contributed by atoms with Gasteiger partial charge in [0.1, 0.15) is 0 Å². The molecular weight excluding hydrogens is 228 g/mol. The van der Waals surface area contributed by atoms with Crippen LogP contribution >= 0.6 is 0 Å². The van der Waals surface area contributed by atoms with Crippen molar-refractivity contribution in [1.82, 2.24) is 0 Å². The van der Waals surface area contributed by atoms with Crippen molar-refractivity contribution in [2.45, 2.75) is 46.5 Å². The van der Waals surface area contributed by atoms with Crippen molar-refractivity contribution < 1.29 is 0 Å². The van der Waals surface area contributed by atoms with Gasteiger partial charge in [-0.2, -0.15) is 0 Å². The van der Waals surface area contributed by atoms with Gasteiger partial charge in [-0.1, -0.05) is 67.8 Å². The zero-order chi connectivity index (χ0) is 13.7. The van der Waals surface area contributed by atoms with Crippen LogP contribution in [-0.2, 0) is 6.42 Å². The van der Waals surface area contributed by atoms with Crippen molar-refractivity contribution in [3.8, 4) is 11.1 Å². The van der Waals surface area contributed by atoms with Gasteiger partial charge in [-0.3, -0.25) is 0 Å². The normalized spacial score (nSPS) is 10.7. The Morgan fingerprint density at radius 3 is 2.42 bits per heavy atom. The Kier molecular flexibility index (Phi) is 4.79. The topological polar surface area (TPSA) is 0 Å². The molecule has 0 aliphatic rings. The lowest BCUT2D eigenvalue weighted by Crippen LogP contribution is -1.90. The fourth-order valence-electron chi connectivity index (χ4n) is 2.60. The van der Waals surface area contributed by atoms with E-state index in [1.165, 1.54) is 53.5 Å². The van der Waals surface area contributed by atoms with Crippen LogP contribution < -0.4 is 0 Å². The highest BCUT2D eigenvalue weighted by Gasteiger charge is 2.03. The van der Waals surface area contributed by atoms with E-state index >= 15 is 0 Å². The minimum atomic E-state index is 1.21. The first-order chi connectivity index (χ1) is 9.20. The summed E-state index contributed by atoms with van der Waals surface area (Å²) in [6, 6.07) is 15.7. The summed E-state index contributed by atoms with van der Waals surface area (Å²) in [4.78, 5) is 0. The van der Waals surface area contributed by atoms with Gasteiger partial charge in [-0.15, -0.1) is 0 Å². The average Bonchev–Trinajstić information content (AvgIpc) is 2.39. The van der Waals surface area contributed by atoms with Gasteiger partial charge in [-0.05, 0) is 48.9 Å². The van der Waals surface area contributed by atoms with Crippen molar-refractivity contribution in [2.75, 3.05) is 0 Å². The van der Waals surface area contributed by atoms with Crippen LogP contribution in [0.5, 0.6) is 0 Å². The smallest absolute Gasteiger partial charge is 0.0154 e. The Labute approximate surface area is 117 Å².